The second-order valence-corrected chi connectivity index (χ2v) is 2.94. The van der Waals surface area contributed by atoms with Crippen LogP contribution in [0, 0.1) is 0 Å². The minimum Gasteiger partial charge on any atom is -0.481 e. The second kappa shape index (κ2) is 5.56. The monoisotopic (exact) mass is 226 g/mol. The van der Waals surface area contributed by atoms with Crippen molar-refractivity contribution in [1.29, 1.82) is 0 Å². The number of aliphatic hydroxyl groups is 1. The first-order valence-electron chi connectivity index (χ1n) is 4.02. The molecule has 0 aromatic heterocycles. The molecule has 1 amide bonds. The smallest absolute Gasteiger partial charge is 0.305 e. The van der Waals surface area contributed by atoms with Gasteiger partial charge >= 0.3 is 5.97 Å². The summed E-state index contributed by atoms with van der Waals surface area (Å²) in [4.78, 5) is 21.1. The molecule has 15 heavy (non-hydrogen) atoms. The van der Waals surface area contributed by atoms with Crippen molar-refractivity contribution in [1.82, 2.24) is 5.32 Å². The van der Waals surface area contributed by atoms with E-state index in [4.69, 9.17) is 15.9 Å². The largest absolute Gasteiger partial charge is 0.481 e. The maximum Gasteiger partial charge on any atom is 0.305 e. The van der Waals surface area contributed by atoms with E-state index >= 15 is 0 Å². The molecule has 0 saturated heterocycles. The zero-order chi connectivity index (χ0) is 12.1. The van der Waals surface area contributed by atoms with Crippen LogP contribution in [-0.4, -0.2) is 47.2 Å². The Labute approximate surface area is 84.1 Å². The van der Waals surface area contributed by atoms with E-state index in [0.717, 1.165) is 0 Å². The van der Waals surface area contributed by atoms with Crippen LogP contribution >= 0.6 is 0 Å². The lowest BCUT2D eigenvalue weighted by Gasteiger charge is -2.15. The normalized spacial score (nSPS) is 13.3. The fourth-order valence-electron chi connectivity index (χ4n) is 0.684. The van der Waals surface area contributed by atoms with Crippen molar-refractivity contribution in [2.45, 2.75) is 18.4 Å². The third-order valence-corrected chi connectivity index (χ3v) is 1.48. The van der Waals surface area contributed by atoms with Gasteiger partial charge in [-0.15, -0.1) is 0 Å². The third-order valence-electron chi connectivity index (χ3n) is 1.48. The Morgan fingerprint density at radius 3 is 2.40 bits per heavy atom. The summed E-state index contributed by atoms with van der Waals surface area (Å²) < 4.78 is 24.8. The number of hydrogen-bond donors (Lipinski definition) is 4. The standard InChI is InChI=1S/C7H12F2N2O4/c8-7(9,3-12)2-11-6(15)4(10)1-5(13)14/h4,12H,1-3,10H2,(H,11,15)(H,13,14). The average Bonchev–Trinajstić information content (AvgIpc) is 2.13. The maximum atomic E-state index is 12.4. The zero-order valence-electron chi connectivity index (χ0n) is 7.74. The van der Waals surface area contributed by atoms with Gasteiger partial charge in [0, 0.05) is 0 Å². The van der Waals surface area contributed by atoms with Crippen LogP contribution in [0.15, 0.2) is 0 Å². The molecule has 0 bridgehead atoms. The number of amides is 1. The van der Waals surface area contributed by atoms with Crippen LogP contribution in [0.5, 0.6) is 0 Å². The predicted octanol–water partition coefficient (Wildman–Crippen LogP) is -1.47. The highest BCUT2D eigenvalue weighted by Gasteiger charge is 2.29. The molecule has 0 saturated carbocycles. The molecule has 88 valence electrons. The number of carbonyl (C=O) groups excluding carboxylic acids is 1. The topological polar surface area (TPSA) is 113 Å². The molecule has 0 aromatic rings. The molecule has 0 aromatic carbocycles. The molecule has 6 nitrogen and oxygen atoms in total. The number of nitrogens with two attached hydrogens (primary N) is 1. The van der Waals surface area contributed by atoms with Gasteiger partial charge < -0.3 is 21.3 Å². The number of alkyl halides is 2. The summed E-state index contributed by atoms with van der Waals surface area (Å²) in [6.07, 6.45) is -0.642. The van der Waals surface area contributed by atoms with E-state index in [-0.39, 0.29) is 0 Å². The molecule has 0 heterocycles. The van der Waals surface area contributed by atoms with Gasteiger partial charge in [-0.05, 0) is 0 Å². The molecule has 0 rings (SSSR count). The summed E-state index contributed by atoms with van der Waals surface area (Å²) in [5, 5.41) is 18.2. The molecule has 0 radical (unpaired) electrons. The fourth-order valence-corrected chi connectivity index (χ4v) is 0.684. The van der Waals surface area contributed by atoms with Gasteiger partial charge in [0.25, 0.3) is 5.92 Å². The molecule has 8 heteroatoms. The summed E-state index contributed by atoms with van der Waals surface area (Å²) >= 11 is 0. The number of aliphatic hydroxyl groups excluding tert-OH is 1. The highest BCUT2D eigenvalue weighted by Crippen LogP contribution is 2.09. The Kier molecular flexibility index (Phi) is 5.09. The van der Waals surface area contributed by atoms with Gasteiger partial charge in [-0.25, -0.2) is 8.78 Å². The number of carboxylic acid groups (broad SMARTS) is 1. The van der Waals surface area contributed by atoms with E-state index in [2.05, 4.69) is 0 Å². The van der Waals surface area contributed by atoms with Gasteiger partial charge in [0.15, 0.2) is 0 Å². The molecule has 0 aliphatic carbocycles. The van der Waals surface area contributed by atoms with Crippen molar-refractivity contribution in [2.75, 3.05) is 13.2 Å². The molecule has 0 spiro atoms. The highest BCUT2D eigenvalue weighted by molar-refractivity contribution is 5.85. The number of rotatable bonds is 6. The zero-order valence-corrected chi connectivity index (χ0v) is 7.74. The number of aliphatic carboxylic acids is 1. The van der Waals surface area contributed by atoms with Gasteiger partial charge in [-0.3, -0.25) is 9.59 Å². The Balaban J connectivity index is 3.98. The van der Waals surface area contributed by atoms with Crippen LogP contribution in [0.1, 0.15) is 6.42 Å². The first-order chi connectivity index (χ1) is 6.78. The fraction of sp³-hybridized carbons (Fsp3) is 0.714. The molecule has 0 fully saturated rings. The van der Waals surface area contributed by atoms with Gasteiger partial charge in [0.2, 0.25) is 5.91 Å². The number of nitrogens with one attached hydrogen (secondary N) is 1. The lowest BCUT2D eigenvalue weighted by Crippen LogP contribution is -2.47. The molecular formula is C7H12F2N2O4. The number of carbonyl (C=O) groups is 2. The van der Waals surface area contributed by atoms with Gasteiger partial charge in [0.05, 0.1) is 19.0 Å². The lowest BCUT2D eigenvalue weighted by molar-refractivity contribution is -0.139. The van der Waals surface area contributed by atoms with E-state index in [1.165, 1.54) is 0 Å². The van der Waals surface area contributed by atoms with Gasteiger partial charge in [0.1, 0.15) is 6.61 Å². The van der Waals surface area contributed by atoms with Crippen LogP contribution in [-0.2, 0) is 9.59 Å². The van der Waals surface area contributed by atoms with E-state index in [0.29, 0.717) is 0 Å². The van der Waals surface area contributed by atoms with Crippen molar-refractivity contribution in [3.05, 3.63) is 0 Å². The summed E-state index contributed by atoms with van der Waals surface area (Å²) in [7, 11) is 0. The molecular weight excluding hydrogens is 214 g/mol. The second-order valence-electron chi connectivity index (χ2n) is 2.94. The van der Waals surface area contributed by atoms with Crippen LogP contribution < -0.4 is 11.1 Å². The quantitative estimate of drug-likeness (QED) is 0.441. The highest BCUT2D eigenvalue weighted by atomic mass is 19.3. The molecule has 0 aliphatic rings. The molecule has 1 unspecified atom stereocenters. The first kappa shape index (κ1) is 13.7. The lowest BCUT2D eigenvalue weighted by atomic mass is 10.2. The van der Waals surface area contributed by atoms with Gasteiger partial charge in [-0.1, -0.05) is 0 Å². The van der Waals surface area contributed by atoms with Crippen LogP contribution in [0.3, 0.4) is 0 Å². The minimum absolute atomic E-state index is 0.642. The van der Waals surface area contributed by atoms with Crippen molar-refractivity contribution in [3.63, 3.8) is 0 Å². The summed E-state index contributed by atoms with van der Waals surface area (Å²) in [5.41, 5.74) is 5.09. The Hall–Kier alpha value is -1.28. The average molecular weight is 226 g/mol. The Morgan fingerprint density at radius 2 is 2.00 bits per heavy atom. The maximum absolute atomic E-state index is 12.4. The van der Waals surface area contributed by atoms with Crippen molar-refractivity contribution >= 4 is 11.9 Å². The SMILES string of the molecule is NC(CC(=O)O)C(=O)NCC(F)(F)CO. The molecule has 5 N–H and O–H groups in total. The third kappa shape index (κ3) is 5.92. The Morgan fingerprint density at radius 1 is 1.47 bits per heavy atom. The number of halogens is 2. The summed E-state index contributed by atoms with van der Waals surface area (Å²) in [6, 6.07) is -1.38. The molecule has 0 aliphatic heterocycles. The predicted molar refractivity (Wildman–Crippen MR) is 45.3 cm³/mol. The number of carboxylic acids is 1. The van der Waals surface area contributed by atoms with Crippen molar-refractivity contribution in [2.24, 2.45) is 5.73 Å². The van der Waals surface area contributed by atoms with Crippen LogP contribution in [0.2, 0.25) is 0 Å². The van der Waals surface area contributed by atoms with Crippen LogP contribution in [0.4, 0.5) is 8.78 Å². The summed E-state index contributed by atoms with van der Waals surface area (Å²) in [6.45, 7) is -2.48. The first-order valence-corrected chi connectivity index (χ1v) is 4.02. The van der Waals surface area contributed by atoms with Crippen molar-refractivity contribution < 1.29 is 28.6 Å². The summed E-state index contributed by atoms with van der Waals surface area (Å²) in [5.74, 6) is -5.73. The van der Waals surface area contributed by atoms with E-state index < -0.39 is 43.4 Å². The minimum atomic E-state index is -3.43. The number of hydrogen-bond acceptors (Lipinski definition) is 4. The Bertz CT molecular complexity index is 247. The van der Waals surface area contributed by atoms with E-state index in [1.54, 1.807) is 5.32 Å². The van der Waals surface area contributed by atoms with E-state index in [9.17, 15) is 18.4 Å². The van der Waals surface area contributed by atoms with E-state index in [1.807, 2.05) is 0 Å². The van der Waals surface area contributed by atoms with Crippen LogP contribution in [0.25, 0.3) is 0 Å². The van der Waals surface area contributed by atoms with Crippen molar-refractivity contribution in [3.8, 4) is 0 Å². The van der Waals surface area contributed by atoms with Gasteiger partial charge in [-0.2, -0.15) is 0 Å². The molecule has 1 atom stereocenters.